The standard InChI is InChI=1S/C21H20N2O2/c1-15-7-5-10-19(16(15)2)25-14-12-23-18-9-4-3-8-17(18)22-21(23)20-11-6-13-24-20/h3-11,13H,12,14H2,1-2H3. The monoisotopic (exact) mass is 332 g/mol. The topological polar surface area (TPSA) is 40.2 Å². The smallest absolute Gasteiger partial charge is 0.177 e. The minimum absolute atomic E-state index is 0.568. The lowest BCUT2D eigenvalue weighted by Gasteiger charge is -2.12. The maximum Gasteiger partial charge on any atom is 0.177 e. The lowest BCUT2D eigenvalue weighted by atomic mass is 10.1. The highest BCUT2D eigenvalue weighted by Crippen LogP contribution is 2.26. The summed E-state index contributed by atoms with van der Waals surface area (Å²) in [5, 5.41) is 0. The molecule has 0 bridgehead atoms. The fourth-order valence-electron chi connectivity index (χ4n) is 3.02. The summed E-state index contributed by atoms with van der Waals surface area (Å²) in [6.45, 7) is 5.45. The van der Waals surface area contributed by atoms with Crippen LogP contribution in [-0.2, 0) is 6.54 Å². The van der Waals surface area contributed by atoms with E-state index in [0.29, 0.717) is 13.2 Å². The lowest BCUT2D eigenvalue weighted by Crippen LogP contribution is -2.10. The van der Waals surface area contributed by atoms with E-state index in [4.69, 9.17) is 14.1 Å². The number of benzene rings is 2. The molecule has 0 saturated carbocycles. The minimum Gasteiger partial charge on any atom is -0.491 e. The first-order chi connectivity index (χ1) is 12.2. The van der Waals surface area contributed by atoms with Crippen molar-refractivity contribution in [2.75, 3.05) is 6.61 Å². The molecule has 4 heteroatoms. The van der Waals surface area contributed by atoms with Gasteiger partial charge in [-0.2, -0.15) is 0 Å². The van der Waals surface area contributed by atoms with Gasteiger partial charge >= 0.3 is 0 Å². The third-order valence-corrected chi connectivity index (χ3v) is 4.52. The molecule has 2 heterocycles. The van der Waals surface area contributed by atoms with Crippen molar-refractivity contribution in [3.63, 3.8) is 0 Å². The predicted octanol–water partition coefficient (Wildman–Crippen LogP) is 4.99. The largest absolute Gasteiger partial charge is 0.491 e. The first-order valence-electron chi connectivity index (χ1n) is 8.42. The van der Waals surface area contributed by atoms with Gasteiger partial charge in [0.25, 0.3) is 0 Å². The van der Waals surface area contributed by atoms with Gasteiger partial charge in [-0.1, -0.05) is 24.3 Å². The van der Waals surface area contributed by atoms with Crippen LogP contribution in [0.15, 0.2) is 65.3 Å². The summed E-state index contributed by atoms with van der Waals surface area (Å²) in [5.74, 6) is 2.53. The van der Waals surface area contributed by atoms with E-state index in [1.165, 1.54) is 11.1 Å². The van der Waals surface area contributed by atoms with Crippen molar-refractivity contribution in [2.24, 2.45) is 0 Å². The van der Waals surface area contributed by atoms with E-state index in [9.17, 15) is 0 Å². The molecule has 0 unspecified atom stereocenters. The van der Waals surface area contributed by atoms with Gasteiger partial charge in [0.2, 0.25) is 0 Å². The Balaban J connectivity index is 1.62. The number of ether oxygens (including phenoxy) is 1. The molecule has 25 heavy (non-hydrogen) atoms. The molecular formula is C21H20N2O2. The summed E-state index contributed by atoms with van der Waals surface area (Å²) in [5.41, 5.74) is 4.46. The number of aromatic nitrogens is 2. The second-order valence-corrected chi connectivity index (χ2v) is 6.10. The van der Waals surface area contributed by atoms with Crippen LogP contribution in [-0.4, -0.2) is 16.2 Å². The number of fused-ring (bicyclic) bond motifs is 1. The fourth-order valence-corrected chi connectivity index (χ4v) is 3.02. The molecule has 4 nitrogen and oxygen atoms in total. The zero-order chi connectivity index (χ0) is 17.2. The molecule has 0 aliphatic rings. The van der Waals surface area contributed by atoms with Crippen molar-refractivity contribution >= 4 is 11.0 Å². The highest BCUT2D eigenvalue weighted by molar-refractivity contribution is 5.79. The van der Waals surface area contributed by atoms with Gasteiger partial charge in [-0.15, -0.1) is 0 Å². The SMILES string of the molecule is Cc1cccc(OCCn2c(-c3ccco3)nc3ccccc32)c1C. The van der Waals surface area contributed by atoms with E-state index in [0.717, 1.165) is 28.4 Å². The number of para-hydroxylation sites is 2. The molecule has 4 aromatic rings. The van der Waals surface area contributed by atoms with E-state index >= 15 is 0 Å². The lowest BCUT2D eigenvalue weighted by molar-refractivity contribution is 0.298. The number of furan rings is 1. The van der Waals surface area contributed by atoms with Gasteiger partial charge in [-0.3, -0.25) is 0 Å². The molecule has 0 aliphatic heterocycles. The number of hydrogen-bond donors (Lipinski definition) is 0. The van der Waals surface area contributed by atoms with Crippen LogP contribution in [0.25, 0.3) is 22.6 Å². The number of imidazole rings is 1. The molecule has 0 aliphatic carbocycles. The molecule has 0 radical (unpaired) electrons. The maximum atomic E-state index is 6.03. The summed E-state index contributed by atoms with van der Waals surface area (Å²) in [6, 6.07) is 18.1. The highest BCUT2D eigenvalue weighted by Gasteiger charge is 2.14. The Morgan fingerprint density at radius 2 is 1.88 bits per heavy atom. The van der Waals surface area contributed by atoms with Gasteiger partial charge in [-0.05, 0) is 55.3 Å². The first kappa shape index (κ1) is 15.5. The maximum absolute atomic E-state index is 6.03. The molecule has 0 atom stereocenters. The Morgan fingerprint density at radius 1 is 1.00 bits per heavy atom. The van der Waals surface area contributed by atoms with Crippen LogP contribution in [0.5, 0.6) is 5.75 Å². The van der Waals surface area contributed by atoms with E-state index in [2.05, 4.69) is 30.5 Å². The molecule has 0 amide bonds. The van der Waals surface area contributed by atoms with Crippen LogP contribution < -0.4 is 4.74 Å². The van der Waals surface area contributed by atoms with E-state index < -0.39 is 0 Å². The summed E-state index contributed by atoms with van der Waals surface area (Å²) in [4.78, 5) is 4.73. The van der Waals surface area contributed by atoms with Gasteiger partial charge in [0.05, 0.1) is 23.8 Å². The van der Waals surface area contributed by atoms with Crippen LogP contribution in [0.3, 0.4) is 0 Å². The Labute approximate surface area is 146 Å². The van der Waals surface area contributed by atoms with Crippen LogP contribution in [0.1, 0.15) is 11.1 Å². The second kappa shape index (κ2) is 6.48. The number of nitrogens with zero attached hydrogens (tertiary/aromatic N) is 2. The summed E-state index contributed by atoms with van der Waals surface area (Å²) in [7, 11) is 0. The molecule has 2 aromatic heterocycles. The average Bonchev–Trinajstić information content (AvgIpc) is 3.26. The summed E-state index contributed by atoms with van der Waals surface area (Å²) >= 11 is 0. The second-order valence-electron chi connectivity index (χ2n) is 6.10. The highest BCUT2D eigenvalue weighted by atomic mass is 16.5. The third kappa shape index (κ3) is 2.91. The van der Waals surface area contributed by atoms with Crippen molar-refractivity contribution in [1.82, 2.24) is 9.55 Å². The van der Waals surface area contributed by atoms with Gasteiger partial charge in [0, 0.05) is 0 Å². The van der Waals surface area contributed by atoms with Crippen molar-refractivity contribution in [3.05, 3.63) is 72.0 Å². The summed E-state index contributed by atoms with van der Waals surface area (Å²) < 4.78 is 13.8. The molecular weight excluding hydrogens is 312 g/mol. The molecule has 4 rings (SSSR count). The third-order valence-electron chi connectivity index (χ3n) is 4.52. The van der Waals surface area contributed by atoms with Crippen molar-refractivity contribution in [2.45, 2.75) is 20.4 Å². The van der Waals surface area contributed by atoms with Crippen molar-refractivity contribution in [3.8, 4) is 17.3 Å². The molecule has 0 saturated heterocycles. The average molecular weight is 332 g/mol. The van der Waals surface area contributed by atoms with Gasteiger partial charge in [0.1, 0.15) is 12.4 Å². The first-order valence-corrected chi connectivity index (χ1v) is 8.42. The summed E-state index contributed by atoms with van der Waals surface area (Å²) in [6.07, 6.45) is 1.67. The van der Waals surface area contributed by atoms with E-state index in [-0.39, 0.29) is 0 Å². The van der Waals surface area contributed by atoms with Gasteiger partial charge in [0.15, 0.2) is 11.6 Å². The number of hydrogen-bond acceptors (Lipinski definition) is 3. The minimum atomic E-state index is 0.568. The molecule has 0 N–H and O–H groups in total. The van der Waals surface area contributed by atoms with Gasteiger partial charge < -0.3 is 13.7 Å². The Bertz CT molecular complexity index is 1000. The van der Waals surface area contributed by atoms with Crippen molar-refractivity contribution in [1.29, 1.82) is 0 Å². The number of rotatable bonds is 5. The Morgan fingerprint density at radius 3 is 2.72 bits per heavy atom. The number of aryl methyl sites for hydroxylation is 1. The zero-order valence-electron chi connectivity index (χ0n) is 14.4. The molecule has 0 spiro atoms. The van der Waals surface area contributed by atoms with E-state index in [1.54, 1.807) is 6.26 Å². The quantitative estimate of drug-likeness (QED) is 0.517. The van der Waals surface area contributed by atoms with Crippen molar-refractivity contribution < 1.29 is 9.15 Å². The molecule has 2 aromatic carbocycles. The Hall–Kier alpha value is -3.01. The van der Waals surface area contributed by atoms with Crippen LogP contribution in [0.4, 0.5) is 0 Å². The van der Waals surface area contributed by atoms with Crippen LogP contribution >= 0.6 is 0 Å². The molecule has 126 valence electrons. The van der Waals surface area contributed by atoms with Crippen LogP contribution in [0, 0.1) is 13.8 Å². The zero-order valence-corrected chi connectivity index (χ0v) is 14.4. The Kier molecular flexibility index (Phi) is 4.02. The predicted molar refractivity (Wildman–Crippen MR) is 98.8 cm³/mol. The van der Waals surface area contributed by atoms with E-state index in [1.807, 2.05) is 42.5 Å². The van der Waals surface area contributed by atoms with Gasteiger partial charge in [-0.25, -0.2) is 4.98 Å². The molecule has 0 fully saturated rings. The normalized spacial score (nSPS) is 11.1. The van der Waals surface area contributed by atoms with Crippen LogP contribution in [0.2, 0.25) is 0 Å². The fraction of sp³-hybridized carbons (Fsp3) is 0.190.